The molecule has 2 rings (SSSR count). The lowest BCUT2D eigenvalue weighted by Gasteiger charge is -2.15. The van der Waals surface area contributed by atoms with Crippen LogP contribution in [-0.4, -0.2) is 49.8 Å². The summed E-state index contributed by atoms with van der Waals surface area (Å²) in [6.45, 7) is 0. The molecule has 0 aliphatic heterocycles. The Morgan fingerprint density at radius 1 is 0.724 bits per heavy atom. The Morgan fingerprint density at radius 3 is 1.59 bits per heavy atom. The van der Waals surface area contributed by atoms with Gasteiger partial charge < -0.3 is 15.5 Å². The maximum atomic E-state index is 5.18. The molecule has 0 saturated heterocycles. The molecule has 0 aliphatic carbocycles. The summed E-state index contributed by atoms with van der Waals surface area (Å²) >= 11 is 10.4. The number of benzene rings is 2. The minimum Gasteiger partial charge on any atom is -0.378 e. The Bertz CT molecular complexity index is 891. The fourth-order valence-electron chi connectivity index (χ4n) is 2.35. The van der Waals surface area contributed by atoms with Gasteiger partial charge in [0, 0.05) is 45.0 Å². The van der Waals surface area contributed by atoms with Crippen LogP contribution >= 0.6 is 24.4 Å². The summed E-state index contributed by atoms with van der Waals surface area (Å²) in [6.07, 6.45) is 0. The summed E-state index contributed by atoms with van der Waals surface area (Å²) in [5, 5.41) is 15.6. The van der Waals surface area contributed by atoms with Crippen molar-refractivity contribution in [1.29, 1.82) is 0 Å². The normalized spacial score (nSPS) is 11.4. The van der Waals surface area contributed by atoms with Crippen LogP contribution in [0.5, 0.6) is 0 Å². The molecule has 0 spiro atoms. The van der Waals surface area contributed by atoms with Crippen LogP contribution in [-0.2, 0) is 0 Å². The Balaban J connectivity index is 2.57. The van der Waals surface area contributed by atoms with Crippen molar-refractivity contribution < 1.29 is 0 Å². The molecule has 0 aromatic heterocycles. The van der Waals surface area contributed by atoms with Crippen molar-refractivity contribution in [1.82, 2.24) is 21.5 Å². The van der Waals surface area contributed by atoms with Crippen LogP contribution in [0.3, 0.4) is 0 Å². The van der Waals surface area contributed by atoms with Crippen molar-refractivity contribution >= 4 is 51.8 Å². The number of nitrogens with one attached hydrogen (secondary N) is 4. The van der Waals surface area contributed by atoms with Crippen molar-refractivity contribution in [3.8, 4) is 0 Å². The highest BCUT2D eigenvalue weighted by Gasteiger charge is 2.16. The molecule has 9 heteroatoms. The Morgan fingerprint density at radius 2 is 1.17 bits per heavy atom. The van der Waals surface area contributed by atoms with Gasteiger partial charge in [-0.3, -0.25) is 10.9 Å². The molecule has 0 amide bonds. The minimum absolute atomic E-state index is 0.401. The van der Waals surface area contributed by atoms with Gasteiger partial charge in [0.15, 0.2) is 10.2 Å². The largest absolute Gasteiger partial charge is 0.378 e. The SMILES string of the molecule is CNC(=S)NN=C(C(=NNC(=S)NC)c1ccc(N(C)C)cc1)c1ccccc1. The molecule has 0 radical (unpaired) electrons. The third-order valence-corrected chi connectivity index (χ3v) is 4.51. The standard InChI is InChI=1S/C20H25N7S2/c1-21-19(28)25-23-17(14-8-6-5-7-9-14)18(24-26-20(29)22-2)15-10-12-16(13-11-15)27(3)4/h5-13H,1-4H3,(H2,21,25,28)(H2,22,26,29). The number of thiocarbonyl (C=S) groups is 2. The van der Waals surface area contributed by atoms with E-state index in [1.165, 1.54) is 0 Å². The molecule has 4 N–H and O–H groups in total. The number of hydrogen-bond donors (Lipinski definition) is 4. The van der Waals surface area contributed by atoms with E-state index in [1.54, 1.807) is 14.1 Å². The van der Waals surface area contributed by atoms with Crippen LogP contribution in [0.4, 0.5) is 5.69 Å². The molecule has 0 bridgehead atoms. The van der Waals surface area contributed by atoms with E-state index in [0.717, 1.165) is 16.8 Å². The Hall–Kier alpha value is -3.04. The van der Waals surface area contributed by atoms with Crippen molar-refractivity contribution in [3.05, 3.63) is 65.7 Å². The van der Waals surface area contributed by atoms with Crippen LogP contribution in [0.1, 0.15) is 11.1 Å². The van der Waals surface area contributed by atoms with Gasteiger partial charge in [-0.1, -0.05) is 42.5 Å². The fourth-order valence-corrected chi connectivity index (χ4v) is 2.44. The summed E-state index contributed by atoms with van der Waals surface area (Å²) < 4.78 is 0. The molecule has 0 unspecified atom stereocenters. The number of rotatable bonds is 6. The molecule has 29 heavy (non-hydrogen) atoms. The summed E-state index contributed by atoms with van der Waals surface area (Å²) in [5.74, 6) is 0. The van der Waals surface area contributed by atoms with Crippen LogP contribution in [0.2, 0.25) is 0 Å². The molecule has 2 aromatic rings. The average Bonchev–Trinajstić information content (AvgIpc) is 2.76. The van der Waals surface area contributed by atoms with Gasteiger partial charge in [-0.15, -0.1) is 0 Å². The van der Waals surface area contributed by atoms with Gasteiger partial charge in [0.2, 0.25) is 0 Å². The van der Waals surface area contributed by atoms with E-state index in [0.29, 0.717) is 21.6 Å². The lowest BCUT2D eigenvalue weighted by molar-refractivity contribution is 0.967. The Labute approximate surface area is 182 Å². The van der Waals surface area contributed by atoms with Crippen molar-refractivity contribution in [2.45, 2.75) is 0 Å². The molecular formula is C20H25N7S2. The van der Waals surface area contributed by atoms with E-state index in [2.05, 4.69) is 31.7 Å². The molecule has 2 aromatic carbocycles. The second kappa shape index (κ2) is 11.1. The van der Waals surface area contributed by atoms with Crippen molar-refractivity contribution in [2.24, 2.45) is 10.2 Å². The molecule has 0 fully saturated rings. The third kappa shape index (κ3) is 6.51. The third-order valence-electron chi connectivity index (χ3n) is 3.92. The van der Waals surface area contributed by atoms with Gasteiger partial charge in [-0.25, -0.2) is 0 Å². The van der Waals surface area contributed by atoms with E-state index >= 15 is 0 Å². The zero-order valence-electron chi connectivity index (χ0n) is 16.9. The zero-order valence-corrected chi connectivity index (χ0v) is 18.5. The van der Waals surface area contributed by atoms with Crippen molar-refractivity contribution in [3.63, 3.8) is 0 Å². The highest BCUT2D eigenvalue weighted by Crippen LogP contribution is 2.15. The highest BCUT2D eigenvalue weighted by atomic mass is 32.1. The second-order valence-corrected chi connectivity index (χ2v) is 6.93. The van der Waals surface area contributed by atoms with Crippen molar-refractivity contribution in [2.75, 3.05) is 33.1 Å². The number of nitrogens with zero attached hydrogens (tertiary/aromatic N) is 3. The predicted octanol–water partition coefficient (Wildman–Crippen LogP) is 2.05. The smallest absolute Gasteiger partial charge is 0.186 e. The monoisotopic (exact) mass is 427 g/mol. The molecular weight excluding hydrogens is 402 g/mol. The lowest BCUT2D eigenvalue weighted by Crippen LogP contribution is -2.33. The number of anilines is 1. The molecule has 0 heterocycles. The lowest BCUT2D eigenvalue weighted by atomic mass is 9.99. The summed E-state index contributed by atoms with van der Waals surface area (Å²) in [6, 6.07) is 17.8. The first kappa shape index (κ1) is 22.3. The van der Waals surface area contributed by atoms with Gasteiger partial charge in [0.05, 0.1) is 0 Å². The van der Waals surface area contributed by atoms with Gasteiger partial charge in [0.25, 0.3) is 0 Å². The zero-order chi connectivity index (χ0) is 21.2. The van der Waals surface area contributed by atoms with E-state index in [1.807, 2.05) is 73.6 Å². The quantitative estimate of drug-likeness (QED) is 0.319. The first-order valence-electron chi connectivity index (χ1n) is 8.90. The molecule has 7 nitrogen and oxygen atoms in total. The Kier molecular flexibility index (Phi) is 8.50. The number of hydrogen-bond acceptors (Lipinski definition) is 5. The predicted molar refractivity (Wildman–Crippen MR) is 130 cm³/mol. The van der Waals surface area contributed by atoms with E-state index < -0.39 is 0 Å². The second-order valence-electron chi connectivity index (χ2n) is 6.11. The first-order chi connectivity index (χ1) is 14.0. The molecule has 152 valence electrons. The maximum Gasteiger partial charge on any atom is 0.186 e. The topological polar surface area (TPSA) is 76.1 Å². The van der Waals surface area contributed by atoms with Gasteiger partial charge in [0.1, 0.15) is 11.4 Å². The molecule has 0 aliphatic rings. The molecule has 0 atom stereocenters. The summed E-state index contributed by atoms with van der Waals surface area (Å²) in [7, 11) is 7.46. The van der Waals surface area contributed by atoms with Crippen LogP contribution in [0, 0.1) is 0 Å². The van der Waals surface area contributed by atoms with Crippen LogP contribution < -0.4 is 26.4 Å². The molecule has 0 saturated carbocycles. The van der Waals surface area contributed by atoms with Gasteiger partial charge >= 0.3 is 0 Å². The van der Waals surface area contributed by atoms with E-state index in [-0.39, 0.29) is 0 Å². The highest BCUT2D eigenvalue weighted by molar-refractivity contribution is 7.80. The van der Waals surface area contributed by atoms with Gasteiger partial charge in [-0.05, 0) is 36.6 Å². The average molecular weight is 428 g/mol. The minimum atomic E-state index is 0.401. The summed E-state index contributed by atoms with van der Waals surface area (Å²) in [4.78, 5) is 2.04. The maximum absolute atomic E-state index is 5.18. The number of hydrazone groups is 2. The van der Waals surface area contributed by atoms with Crippen LogP contribution in [0.15, 0.2) is 64.8 Å². The fraction of sp³-hybridized carbons (Fsp3) is 0.200. The summed E-state index contributed by atoms with van der Waals surface area (Å²) in [5.41, 5.74) is 9.79. The first-order valence-corrected chi connectivity index (χ1v) is 9.72. The van der Waals surface area contributed by atoms with E-state index in [9.17, 15) is 0 Å². The van der Waals surface area contributed by atoms with E-state index in [4.69, 9.17) is 24.4 Å². The van der Waals surface area contributed by atoms with Gasteiger partial charge in [-0.2, -0.15) is 10.2 Å². The van der Waals surface area contributed by atoms with Crippen LogP contribution in [0.25, 0.3) is 0 Å².